The van der Waals surface area contributed by atoms with Gasteiger partial charge in [-0.05, 0) is 37.3 Å². The fourth-order valence-corrected chi connectivity index (χ4v) is 3.74. The molecule has 0 bridgehead atoms. The first kappa shape index (κ1) is 16.5. The summed E-state index contributed by atoms with van der Waals surface area (Å²) in [5, 5.41) is 2.68. The molecule has 0 unspecified atom stereocenters. The monoisotopic (exact) mass is 376 g/mol. The molecule has 9 heteroatoms. The first-order chi connectivity index (χ1) is 12.4. The molecule has 1 atom stereocenters. The van der Waals surface area contributed by atoms with E-state index in [0.29, 0.717) is 41.8 Å². The number of anilines is 2. The minimum Gasteiger partial charge on any atom is -0.486 e. The van der Waals surface area contributed by atoms with Crippen LogP contribution in [-0.2, 0) is 14.8 Å². The number of ether oxygens (including phenoxy) is 3. The number of hydrogen-bond donors (Lipinski definition) is 2. The Hall–Kier alpha value is -2.94. The highest BCUT2D eigenvalue weighted by atomic mass is 32.2. The number of carbonyl (C=O) groups excluding carboxylic acids is 1. The molecule has 2 aliphatic heterocycles. The van der Waals surface area contributed by atoms with Gasteiger partial charge in [0, 0.05) is 6.07 Å². The van der Waals surface area contributed by atoms with Gasteiger partial charge in [0.05, 0.1) is 16.3 Å². The van der Waals surface area contributed by atoms with Crippen molar-refractivity contribution in [3.63, 3.8) is 0 Å². The largest absolute Gasteiger partial charge is 0.486 e. The number of nitrogens with one attached hydrogen (secondary N) is 2. The maximum absolute atomic E-state index is 12.6. The van der Waals surface area contributed by atoms with E-state index in [-0.39, 0.29) is 10.8 Å². The molecule has 2 aromatic rings. The lowest BCUT2D eigenvalue weighted by Crippen LogP contribution is -2.34. The number of rotatable bonds is 3. The van der Waals surface area contributed by atoms with Crippen molar-refractivity contribution in [1.82, 2.24) is 0 Å². The summed E-state index contributed by atoms with van der Waals surface area (Å²) in [6.07, 6.45) is -0.595. The van der Waals surface area contributed by atoms with Crippen LogP contribution in [0.3, 0.4) is 0 Å². The van der Waals surface area contributed by atoms with Crippen LogP contribution in [0.1, 0.15) is 6.92 Å². The Kier molecular flexibility index (Phi) is 3.87. The normalized spacial score (nSPS) is 18.3. The third-order valence-corrected chi connectivity index (χ3v) is 5.37. The van der Waals surface area contributed by atoms with Crippen LogP contribution < -0.4 is 24.2 Å². The molecule has 2 N–H and O–H groups in total. The van der Waals surface area contributed by atoms with E-state index in [1.807, 2.05) is 0 Å². The third kappa shape index (κ3) is 3.01. The van der Waals surface area contributed by atoms with E-state index in [1.54, 1.807) is 25.1 Å². The van der Waals surface area contributed by atoms with Gasteiger partial charge in [0.15, 0.2) is 17.6 Å². The number of carbonyl (C=O) groups is 1. The molecule has 0 fully saturated rings. The molecule has 8 nitrogen and oxygen atoms in total. The number of hydrogen-bond acceptors (Lipinski definition) is 6. The Bertz CT molecular complexity index is 989. The van der Waals surface area contributed by atoms with Crippen molar-refractivity contribution >= 4 is 27.3 Å². The fraction of sp³-hybridized carbons (Fsp3) is 0.235. The highest BCUT2D eigenvalue weighted by Gasteiger charge is 2.25. The van der Waals surface area contributed by atoms with Crippen LogP contribution in [0.5, 0.6) is 17.2 Å². The standard InChI is InChI=1S/C17H16N2O6S/c1-10-17(20)18-13-8-11(2-4-14(13)25-10)19-26(21,22)12-3-5-15-16(9-12)24-7-6-23-15/h2-5,8-10,19H,6-7H2,1H3,(H,18,20)/t10-/m1/s1. The van der Waals surface area contributed by atoms with E-state index in [0.717, 1.165) is 0 Å². The molecule has 0 spiro atoms. The SMILES string of the molecule is C[C@H]1Oc2ccc(NS(=O)(=O)c3ccc4c(c3)OCCO4)cc2NC1=O. The van der Waals surface area contributed by atoms with Crippen molar-refractivity contribution < 1.29 is 27.4 Å². The average molecular weight is 376 g/mol. The minimum atomic E-state index is -3.84. The van der Waals surface area contributed by atoms with Gasteiger partial charge < -0.3 is 19.5 Å². The zero-order valence-corrected chi connectivity index (χ0v) is 14.6. The van der Waals surface area contributed by atoms with E-state index >= 15 is 0 Å². The molecule has 0 aromatic heterocycles. The third-order valence-electron chi connectivity index (χ3n) is 3.99. The first-order valence-electron chi connectivity index (χ1n) is 7.96. The van der Waals surface area contributed by atoms with Crippen molar-refractivity contribution in [1.29, 1.82) is 0 Å². The topological polar surface area (TPSA) is 103 Å². The summed E-state index contributed by atoms with van der Waals surface area (Å²) in [4.78, 5) is 11.8. The van der Waals surface area contributed by atoms with Gasteiger partial charge in [-0.1, -0.05) is 0 Å². The maximum atomic E-state index is 12.6. The molecule has 2 aliphatic rings. The van der Waals surface area contributed by atoms with Gasteiger partial charge in [-0.15, -0.1) is 0 Å². The molecule has 0 radical (unpaired) electrons. The van der Waals surface area contributed by atoms with Crippen LogP contribution in [-0.4, -0.2) is 33.6 Å². The van der Waals surface area contributed by atoms with E-state index in [2.05, 4.69) is 10.0 Å². The highest BCUT2D eigenvalue weighted by molar-refractivity contribution is 7.92. The van der Waals surface area contributed by atoms with Crippen molar-refractivity contribution in [3.05, 3.63) is 36.4 Å². The minimum absolute atomic E-state index is 0.0494. The Morgan fingerprint density at radius 3 is 2.58 bits per heavy atom. The molecular formula is C17H16N2O6S. The Morgan fingerprint density at radius 1 is 1.04 bits per heavy atom. The molecule has 0 saturated heterocycles. The van der Waals surface area contributed by atoms with Gasteiger partial charge in [-0.3, -0.25) is 9.52 Å². The van der Waals surface area contributed by atoms with Crippen molar-refractivity contribution in [2.24, 2.45) is 0 Å². The summed E-state index contributed by atoms with van der Waals surface area (Å²) >= 11 is 0. The van der Waals surface area contributed by atoms with Crippen molar-refractivity contribution in [2.45, 2.75) is 17.9 Å². The van der Waals surface area contributed by atoms with Gasteiger partial charge in [-0.25, -0.2) is 8.42 Å². The molecule has 26 heavy (non-hydrogen) atoms. The second-order valence-corrected chi connectivity index (χ2v) is 7.55. The first-order valence-corrected chi connectivity index (χ1v) is 9.45. The molecule has 0 saturated carbocycles. The number of fused-ring (bicyclic) bond motifs is 2. The molecule has 136 valence electrons. The van der Waals surface area contributed by atoms with Crippen LogP contribution in [0.15, 0.2) is 41.3 Å². The van der Waals surface area contributed by atoms with Crippen LogP contribution >= 0.6 is 0 Å². The zero-order valence-electron chi connectivity index (χ0n) is 13.8. The van der Waals surface area contributed by atoms with E-state index in [4.69, 9.17) is 14.2 Å². The van der Waals surface area contributed by atoms with Crippen LogP contribution in [0, 0.1) is 0 Å². The molecule has 2 aromatic carbocycles. The summed E-state index contributed by atoms with van der Waals surface area (Å²) in [5.74, 6) is 1.10. The summed E-state index contributed by atoms with van der Waals surface area (Å²) in [6.45, 7) is 2.43. The predicted molar refractivity (Wildman–Crippen MR) is 93.4 cm³/mol. The lowest BCUT2D eigenvalue weighted by atomic mass is 10.2. The second kappa shape index (κ2) is 6.10. The van der Waals surface area contributed by atoms with E-state index in [1.165, 1.54) is 18.2 Å². The number of amides is 1. The summed E-state index contributed by atoms with van der Waals surface area (Å²) < 4.78 is 44.1. The predicted octanol–water partition coefficient (Wildman–Crippen LogP) is 1.98. The number of sulfonamides is 1. The van der Waals surface area contributed by atoms with Gasteiger partial charge >= 0.3 is 0 Å². The molecule has 4 rings (SSSR count). The molecular weight excluding hydrogens is 360 g/mol. The van der Waals surface area contributed by atoms with Crippen LogP contribution in [0.2, 0.25) is 0 Å². The molecule has 0 aliphatic carbocycles. The lowest BCUT2D eigenvalue weighted by Gasteiger charge is -2.23. The second-order valence-electron chi connectivity index (χ2n) is 5.87. The smallest absolute Gasteiger partial charge is 0.265 e. The molecule has 1 amide bonds. The highest BCUT2D eigenvalue weighted by Crippen LogP contribution is 2.35. The fourth-order valence-electron chi connectivity index (χ4n) is 2.68. The zero-order chi connectivity index (χ0) is 18.3. The van der Waals surface area contributed by atoms with Gasteiger partial charge in [-0.2, -0.15) is 0 Å². The van der Waals surface area contributed by atoms with Gasteiger partial charge in [0.2, 0.25) is 0 Å². The van der Waals surface area contributed by atoms with Crippen molar-refractivity contribution in [3.8, 4) is 17.2 Å². The Balaban J connectivity index is 1.60. The maximum Gasteiger partial charge on any atom is 0.265 e. The lowest BCUT2D eigenvalue weighted by molar-refractivity contribution is -0.122. The molecule has 2 heterocycles. The Labute approximate surface area is 150 Å². The number of benzene rings is 2. The van der Waals surface area contributed by atoms with E-state index < -0.39 is 16.1 Å². The van der Waals surface area contributed by atoms with Gasteiger partial charge in [0.25, 0.3) is 15.9 Å². The van der Waals surface area contributed by atoms with Gasteiger partial charge in [0.1, 0.15) is 19.0 Å². The Morgan fingerprint density at radius 2 is 1.77 bits per heavy atom. The quantitative estimate of drug-likeness (QED) is 0.849. The summed E-state index contributed by atoms with van der Waals surface area (Å²) in [7, 11) is -3.84. The van der Waals surface area contributed by atoms with Crippen molar-refractivity contribution in [2.75, 3.05) is 23.3 Å². The van der Waals surface area contributed by atoms with Crippen LogP contribution in [0.4, 0.5) is 11.4 Å². The summed E-state index contributed by atoms with van der Waals surface area (Å²) in [5.41, 5.74) is 0.715. The van der Waals surface area contributed by atoms with Crippen LogP contribution in [0.25, 0.3) is 0 Å². The average Bonchev–Trinajstić information content (AvgIpc) is 2.62. The van der Waals surface area contributed by atoms with E-state index in [9.17, 15) is 13.2 Å². The summed E-state index contributed by atoms with van der Waals surface area (Å²) in [6, 6.07) is 9.11.